The number of ether oxygens (including phenoxy) is 1. The second-order valence-corrected chi connectivity index (χ2v) is 5.21. The standard InChI is InChI=1S/C19H16F3NO3/c1-2-26-18(25)14-9-6-10-15(11-14)23-17(24)12-16(19(20,21)22)13-7-4-3-5-8-13/h3-12H,2H2,1H3,(H,23,24)/b16-12-. The molecule has 26 heavy (non-hydrogen) atoms. The van der Waals surface area contributed by atoms with E-state index >= 15 is 0 Å². The molecule has 0 aliphatic rings. The van der Waals surface area contributed by atoms with Gasteiger partial charge in [-0.2, -0.15) is 13.2 Å². The first-order valence-electron chi connectivity index (χ1n) is 7.73. The zero-order valence-corrected chi connectivity index (χ0v) is 13.8. The van der Waals surface area contributed by atoms with Crippen molar-refractivity contribution in [3.63, 3.8) is 0 Å². The molecule has 0 radical (unpaired) electrons. The molecule has 2 rings (SSSR count). The van der Waals surface area contributed by atoms with Gasteiger partial charge in [-0.15, -0.1) is 0 Å². The van der Waals surface area contributed by atoms with Crippen LogP contribution < -0.4 is 5.32 Å². The summed E-state index contributed by atoms with van der Waals surface area (Å²) in [7, 11) is 0. The maximum Gasteiger partial charge on any atom is 0.417 e. The summed E-state index contributed by atoms with van der Waals surface area (Å²) in [6.07, 6.45) is -4.20. The van der Waals surface area contributed by atoms with Crippen LogP contribution in [-0.2, 0) is 9.53 Å². The van der Waals surface area contributed by atoms with Crippen molar-refractivity contribution in [2.45, 2.75) is 13.1 Å². The third-order valence-corrected chi connectivity index (χ3v) is 3.31. The van der Waals surface area contributed by atoms with Crippen LogP contribution >= 0.6 is 0 Å². The van der Waals surface area contributed by atoms with E-state index in [1.54, 1.807) is 13.0 Å². The van der Waals surface area contributed by atoms with Gasteiger partial charge < -0.3 is 10.1 Å². The second-order valence-electron chi connectivity index (χ2n) is 5.21. The molecule has 0 aliphatic carbocycles. The van der Waals surface area contributed by atoms with E-state index in [-0.39, 0.29) is 23.4 Å². The third kappa shape index (κ3) is 5.20. The Hall–Kier alpha value is -3.09. The van der Waals surface area contributed by atoms with Crippen LogP contribution in [0.4, 0.5) is 18.9 Å². The number of hydrogen-bond donors (Lipinski definition) is 1. The number of nitrogens with one attached hydrogen (secondary N) is 1. The smallest absolute Gasteiger partial charge is 0.417 e. The Bertz CT molecular complexity index is 814. The van der Waals surface area contributed by atoms with Crippen LogP contribution in [-0.4, -0.2) is 24.7 Å². The molecule has 0 saturated carbocycles. The number of alkyl halides is 3. The molecule has 0 saturated heterocycles. The second kappa shape index (κ2) is 8.33. The molecule has 7 heteroatoms. The number of carbonyl (C=O) groups is 2. The zero-order valence-electron chi connectivity index (χ0n) is 13.8. The first-order valence-corrected chi connectivity index (χ1v) is 7.73. The fraction of sp³-hybridized carbons (Fsp3) is 0.158. The van der Waals surface area contributed by atoms with Gasteiger partial charge in [0.25, 0.3) is 0 Å². The van der Waals surface area contributed by atoms with Gasteiger partial charge in [0.1, 0.15) is 0 Å². The average molecular weight is 363 g/mol. The van der Waals surface area contributed by atoms with Gasteiger partial charge in [-0.1, -0.05) is 36.4 Å². The summed E-state index contributed by atoms with van der Waals surface area (Å²) in [4.78, 5) is 23.7. The van der Waals surface area contributed by atoms with Gasteiger partial charge in [0.15, 0.2) is 0 Å². The Morgan fingerprint density at radius 2 is 1.69 bits per heavy atom. The first-order chi connectivity index (χ1) is 12.3. The molecule has 0 spiro atoms. The van der Waals surface area contributed by atoms with Crippen molar-refractivity contribution < 1.29 is 27.5 Å². The van der Waals surface area contributed by atoms with Gasteiger partial charge in [0, 0.05) is 11.8 Å². The van der Waals surface area contributed by atoms with Crippen LogP contribution in [0, 0.1) is 0 Å². The van der Waals surface area contributed by atoms with Crippen LogP contribution in [0.2, 0.25) is 0 Å². The Labute approximate surface area is 148 Å². The van der Waals surface area contributed by atoms with E-state index in [0.717, 1.165) is 0 Å². The number of amides is 1. The SMILES string of the molecule is CCOC(=O)c1cccc(NC(=O)/C=C(/c2ccccc2)C(F)(F)F)c1. The van der Waals surface area contributed by atoms with Crippen molar-refractivity contribution in [2.75, 3.05) is 11.9 Å². The topological polar surface area (TPSA) is 55.4 Å². The van der Waals surface area contributed by atoms with Gasteiger partial charge in [-0.3, -0.25) is 4.79 Å². The molecule has 2 aromatic rings. The number of halogens is 3. The molecule has 1 N–H and O–H groups in total. The highest BCUT2D eigenvalue weighted by molar-refractivity contribution is 6.05. The lowest BCUT2D eigenvalue weighted by atomic mass is 10.1. The van der Waals surface area contributed by atoms with Crippen LogP contribution in [0.3, 0.4) is 0 Å². The highest BCUT2D eigenvalue weighted by atomic mass is 19.4. The third-order valence-electron chi connectivity index (χ3n) is 3.31. The molecule has 0 heterocycles. The summed E-state index contributed by atoms with van der Waals surface area (Å²) >= 11 is 0. The molecule has 136 valence electrons. The lowest BCUT2D eigenvalue weighted by molar-refractivity contribution is -0.112. The van der Waals surface area contributed by atoms with Crippen molar-refractivity contribution in [2.24, 2.45) is 0 Å². The van der Waals surface area contributed by atoms with E-state index in [2.05, 4.69) is 5.32 Å². The van der Waals surface area contributed by atoms with Gasteiger partial charge in [-0.25, -0.2) is 4.79 Å². The molecule has 1 amide bonds. The Kier molecular flexibility index (Phi) is 6.16. The predicted octanol–water partition coefficient (Wildman–Crippen LogP) is 4.45. The molecule has 0 aromatic heterocycles. The van der Waals surface area contributed by atoms with Gasteiger partial charge in [-0.05, 0) is 30.7 Å². The summed E-state index contributed by atoms with van der Waals surface area (Å²) in [6.45, 7) is 1.83. The number of esters is 1. The quantitative estimate of drug-likeness (QED) is 0.631. The Morgan fingerprint density at radius 1 is 1.04 bits per heavy atom. The number of anilines is 1. The van der Waals surface area contributed by atoms with Crippen molar-refractivity contribution >= 4 is 23.1 Å². The average Bonchev–Trinajstić information content (AvgIpc) is 2.60. The number of hydrogen-bond acceptors (Lipinski definition) is 3. The molecule has 0 atom stereocenters. The minimum Gasteiger partial charge on any atom is -0.462 e. The number of rotatable bonds is 5. The predicted molar refractivity (Wildman–Crippen MR) is 91.5 cm³/mol. The molecule has 4 nitrogen and oxygen atoms in total. The first kappa shape index (κ1) is 19.2. The van der Waals surface area contributed by atoms with E-state index in [1.807, 2.05) is 0 Å². The Morgan fingerprint density at radius 3 is 2.31 bits per heavy atom. The van der Waals surface area contributed by atoms with Crippen LogP contribution in [0.5, 0.6) is 0 Å². The lowest BCUT2D eigenvalue weighted by Gasteiger charge is -2.12. The molecule has 0 unspecified atom stereocenters. The number of carbonyl (C=O) groups excluding carboxylic acids is 2. The van der Waals surface area contributed by atoms with Crippen molar-refractivity contribution in [1.29, 1.82) is 0 Å². The Balaban J connectivity index is 2.24. The van der Waals surface area contributed by atoms with E-state index in [1.165, 1.54) is 48.5 Å². The van der Waals surface area contributed by atoms with Gasteiger partial charge >= 0.3 is 12.1 Å². The van der Waals surface area contributed by atoms with Crippen molar-refractivity contribution in [3.05, 3.63) is 71.8 Å². The van der Waals surface area contributed by atoms with E-state index in [9.17, 15) is 22.8 Å². The summed E-state index contributed by atoms with van der Waals surface area (Å²) in [5.41, 5.74) is -0.799. The van der Waals surface area contributed by atoms with Crippen molar-refractivity contribution in [1.82, 2.24) is 0 Å². The normalized spacial score (nSPS) is 11.8. The van der Waals surface area contributed by atoms with Crippen molar-refractivity contribution in [3.8, 4) is 0 Å². The van der Waals surface area contributed by atoms with E-state index in [0.29, 0.717) is 6.08 Å². The van der Waals surface area contributed by atoms with Crippen LogP contribution in [0.1, 0.15) is 22.8 Å². The minimum absolute atomic E-state index is 0.115. The minimum atomic E-state index is -4.69. The molecular formula is C19H16F3NO3. The van der Waals surface area contributed by atoms with Gasteiger partial charge in [0.05, 0.1) is 17.7 Å². The summed E-state index contributed by atoms with van der Waals surface area (Å²) < 4.78 is 44.6. The summed E-state index contributed by atoms with van der Waals surface area (Å²) in [5, 5.41) is 2.33. The van der Waals surface area contributed by atoms with Gasteiger partial charge in [0.2, 0.25) is 5.91 Å². The summed E-state index contributed by atoms with van der Waals surface area (Å²) in [6, 6.07) is 12.8. The molecule has 0 bridgehead atoms. The molecule has 0 aliphatic heterocycles. The molecule has 2 aromatic carbocycles. The monoisotopic (exact) mass is 363 g/mol. The molecular weight excluding hydrogens is 347 g/mol. The van der Waals surface area contributed by atoms with Crippen LogP contribution in [0.15, 0.2) is 60.7 Å². The fourth-order valence-electron chi connectivity index (χ4n) is 2.19. The fourth-order valence-corrected chi connectivity index (χ4v) is 2.19. The van der Waals surface area contributed by atoms with Crippen LogP contribution in [0.25, 0.3) is 5.57 Å². The molecule has 0 fully saturated rings. The lowest BCUT2D eigenvalue weighted by Crippen LogP contribution is -2.16. The highest BCUT2D eigenvalue weighted by Gasteiger charge is 2.35. The largest absolute Gasteiger partial charge is 0.462 e. The zero-order chi connectivity index (χ0) is 19.2. The maximum absolute atomic E-state index is 13.3. The van der Waals surface area contributed by atoms with E-state index in [4.69, 9.17) is 4.74 Å². The maximum atomic E-state index is 13.3. The number of allylic oxidation sites excluding steroid dienone is 1. The highest BCUT2D eigenvalue weighted by Crippen LogP contribution is 2.33. The number of benzene rings is 2. The summed E-state index contributed by atoms with van der Waals surface area (Å²) in [5.74, 6) is -1.54. The van der Waals surface area contributed by atoms with E-state index < -0.39 is 23.6 Å².